The quantitative estimate of drug-likeness (QED) is 0.415. The van der Waals surface area contributed by atoms with Gasteiger partial charge in [-0.25, -0.2) is 9.40 Å². The van der Waals surface area contributed by atoms with E-state index in [4.69, 9.17) is 0 Å². The Morgan fingerprint density at radius 2 is 1.61 bits per heavy atom. The number of rotatable bonds is 5. The van der Waals surface area contributed by atoms with E-state index in [1.165, 1.54) is 42.5 Å². The first-order valence-corrected chi connectivity index (χ1v) is 10.1. The highest BCUT2D eigenvalue weighted by atomic mass is 19.1. The van der Waals surface area contributed by atoms with Crippen molar-refractivity contribution in [3.63, 3.8) is 0 Å². The number of carbonyl (C=O) groups excluding carboxylic acids is 3. The molecule has 0 spiro atoms. The van der Waals surface area contributed by atoms with Crippen LogP contribution < -0.4 is 0 Å². The minimum Gasteiger partial charge on any atom is -0.272 e. The third-order valence-corrected chi connectivity index (χ3v) is 5.90. The van der Waals surface area contributed by atoms with Gasteiger partial charge < -0.3 is 0 Å². The fourth-order valence-electron chi connectivity index (χ4n) is 4.28. The number of nitrogens with zero attached hydrogens (tertiary/aromatic N) is 3. The maximum absolute atomic E-state index is 14.3. The van der Waals surface area contributed by atoms with Crippen molar-refractivity contribution in [2.75, 3.05) is 0 Å². The van der Waals surface area contributed by atoms with Crippen molar-refractivity contribution in [2.45, 2.75) is 32.2 Å². The van der Waals surface area contributed by atoms with Crippen LogP contribution in [0.3, 0.4) is 0 Å². The minimum absolute atomic E-state index is 0.0532. The van der Waals surface area contributed by atoms with Crippen molar-refractivity contribution in [2.24, 2.45) is 11.8 Å². The molecular formula is C22H20FN3O5. The van der Waals surface area contributed by atoms with Crippen LogP contribution in [-0.2, 0) is 16.1 Å². The maximum atomic E-state index is 14.3. The molecule has 3 amide bonds. The molecule has 0 N–H and O–H groups in total. The first-order valence-electron chi connectivity index (χ1n) is 10.1. The van der Waals surface area contributed by atoms with Gasteiger partial charge in [0.15, 0.2) is 0 Å². The summed E-state index contributed by atoms with van der Waals surface area (Å²) >= 11 is 0. The second-order valence-corrected chi connectivity index (χ2v) is 7.74. The normalized spacial score (nSPS) is 20.5. The van der Waals surface area contributed by atoms with Crippen LogP contribution in [0.1, 0.15) is 41.6 Å². The van der Waals surface area contributed by atoms with Gasteiger partial charge in [-0.05, 0) is 31.0 Å². The first kappa shape index (κ1) is 20.6. The third kappa shape index (κ3) is 3.78. The van der Waals surface area contributed by atoms with E-state index in [1.807, 2.05) is 0 Å². The molecule has 1 aliphatic carbocycles. The molecule has 0 radical (unpaired) electrons. The van der Waals surface area contributed by atoms with Gasteiger partial charge in [0.1, 0.15) is 5.82 Å². The summed E-state index contributed by atoms with van der Waals surface area (Å²) in [5.41, 5.74) is 0.00203. The van der Waals surface area contributed by atoms with Crippen LogP contribution >= 0.6 is 0 Å². The zero-order valence-electron chi connectivity index (χ0n) is 16.6. The molecule has 31 heavy (non-hydrogen) atoms. The van der Waals surface area contributed by atoms with E-state index >= 15 is 0 Å². The lowest BCUT2D eigenvalue weighted by molar-refractivity contribution is -0.384. The first-order chi connectivity index (χ1) is 14.9. The second kappa shape index (κ2) is 8.25. The van der Waals surface area contributed by atoms with E-state index in [0.29, 0.717) is 12.8 Å². The Morgan fingerprint density at radius 3 is 2.16 bits per heavy atom. The van der Waals surface area contributed by atoms with Crippen LogP contribution in [0.25, 0.3) is 0 Å². The number of halogens is 1. The Kier molecular flexibility index (Phi) is 5.50. The molecule has 2 fully saturated rings. The average molecular weight is 425 g/mol. The number of nitro groups is 1. The van der Waals surface area contributed by atoms with Gasteiger partial charge in [0.25, 0.3) is 23.4 Å². The summed E-state index contributed by atoms with van der Waals surface area (Å²) in [5, 5.41) is 12.7. The van der Waals surface area contributed by atoms with E-state index in [-0.39, 0.29) is 23.4 Å². The Balaban J connectivity index is 1.71. The molecule has 2 aromatic carbocycles. The zero-order valence-corrected chi connectivity index (χ0v) is 16.6. The van der Waals surface area contributed by atoms with Crippen LogP contribution in [0.15, 0.2) is 48.5 Å². The smallest absolute Gasteiger partial charge is 0.272 e. The molecule has 2 unspecified atom stereocenters. The Hall–Kier alpha value is -3.62. The van der Waals surface area contributed by atoms with Gasteiger partial charge in [0.05, 0.1) is 23.3 Å². The standard InChI is InChI=1S/C22H20FN3O5/c23-19-8-4-1-5-15(19)13-24(20(27)14-9-11-16(12-10-14)26(30)31)25-21(28)17-6-2-3-7-18(17)22(25)29/h1,4-5,8-12,17-18H,2-3,6-7,13H2. The van der Waals surface area contributed by atoms with Crippen LogP contribution in [0.4, 0.5) is 10.1 Å². The van der Waals surface area contributed by atoms with Crippen LogP contribution in [-0.4, -0.2) is 32.7 Å². The van der Waals surface area contributed by atoms with Crippen molar-refractivity contribution in [1.29, 1.82) is 0 Å². The van der Waals surface area contributed by atoms with Gasteiger partial charge in [-0.15, -0.1) is 0 Å². The Bertz CT molecular complexity index is 1030. The van der Waals surface area contributed by atoms with Crippen molar-refractivity contribution >= 4 is 23.4 Å². The monoisotopic (exact) mass is 425 g/mol. The summed E-state index contributed by atoms with van der Waals surface area (Å²) in [4.78, 5) is 49.8. The highest BCUT2D eigenvalue weighted by Gasteiger charge is 2.51. The van der Waals surface area contributed by atoms with Crippen LogP contribution in [0.2, 0.25) is 0 Å². The van der Waals surface area contributed by atoms with Crippen molar-refractivity contribution in [3.05, 3.63) is 75.6 Å². The second-order valence-electron chi connectivity index (χ2n) is 7.74. The minimum atomic E-state index is -0.710. The molecule has 1 aliphatic heterocycles. The van der Waals surface area contributed by atoms with E-state index in [0.717, 1.165) is 22.9 Å². The van der Waals surface area contributed by atoms with Crippen molar-refractivity contribution < 1.29 is 23.7 Å². The number of benzene rings is 2. The molecule has 1 saturated heterocycles. The average Bonchev–Trinajstić information content (AvgIpc) is 3.03. The summed E-state index contributed by atoms with van der Waals surface area (Å²) < 4.78 is 14.3. The van der Waals surface area contributed by atoms with E-state index in [1.54, 1.807) is 6.07 Å². The lowest BCUT2D eigenvalue weighted by Crippen LogP contribution is -2.49. The number of hydrogen-bond acceptors (Lipinski definition) is 5. The topological polar surface area (TPSA) is 101 Å². The summed E-state index contributed by atoms with van der Waals surface area (Å²) in [7, 11) is 0. The van der Waals surface area contributed by atoms with Gasteiger partial charge >= 0.3 is 0 Å². The highest BCUT2D eigenvalue weighted by Crippen LogP contribution is 2.39. The number of non-ortho nitro benzene ring substituents is 1. The fraction of sp³-hybridized carbons (Fsp3) is 0.318. The third-order valence-electron chi connectivity index (χ3n) is 5.90. The van der Waals surface area contributed by atoms with Gasteiger partial charge in [0, 0.05) is 23.3 Å². The lowest BCUT2D eigenvalue weighted by atomic mass is 9.81. The largest absolute Gasteiger partial charge is 0.273 e. The molecule has 4 rings (SSSR count). The van der Waals surface area contributed by atoms with E-state index in [2.05, 4.69) is 0 Å². The summed E-state index contributed by atoms with van der Waals surface area (Å²) in [5.74, 6) is -3.15. The molecule has 0 bridgehead atoms. The van der Waals surface area contributed by atoms with Gasteiger partial charge in [-0.2, -0.15) is 5.01 Å². The molecule has 9 heteroatoms. The Labute approximate surface area is 177 Å². The number of hydrogen-bond donors (Lipinski definition) is 0. The zero-order chi connectivity index (χ0) is 22.1. The number of carbonyl (C=O) groups is 3. The van der Waals surface area contributed by atoms with Gasteiger partial charge in [-0.1, -0.05) is 31.0 Å². The number of imide groups is 1. The molecule has 1 saturated carbocycles. The molecule has 8 nitrogen and oxygen atoms in total. The predicted octanol–water partition coefficient (Wildman–Crippen LogP) is 3.47. The van der Waals surface area contributed by atoms with Crippen LogP contribution in [0, 0.1) is 27.8 Å². The van der Waals surface area contributed by atoms with Gasteiger partial charge in [0.2, 0.25) is 0 Å². The molecule has 0 aromatic heterocycles. The number of nitro benzene ring substituents is 1. The molecule has 2 atom stereocenters. The summed E-state index contributed by atoms with van der Waals surface area (Å²) in [6.07, 6.45) is 2.81. The number of hydrazine groups is 1. The summed E-state index contributed by atoms with van der Waals surface area (Å²) in [6.45, 7) is -0.320. The van der Waals surface area contributed by atoms with Crippen molar-refractivity contribution in [3.8, 4) is 0 Å². The highest BCUT2D eigenvalue weighted by molar-refractivity contribution is 6.07. The Morgan fingerprint density at radius 1 is 1.03 bits per heavy atom. The SMILES string of the molecule is O=C(c1ccc([N+](=O)[O-])cc1)N(Cc1ccccc1F)N1C(=O)C2CCCCC2C1=O. The van der Waals surface area contributed by atoms with E-state index in [9.17, 15) is 28.9 Å². The lowest BCUT2D eigenvalue weighted by Gasteiger charge is -2.30. The molecular weight excluding hydrogens is 405 g/mol. The summed E-state index contributed by atoms with van der Waals surface area (Å²) in [6, 6.07) is 10.7. The molecule has 1 heterocycles. The molecule has 2 aliphatic rings. The van der Waals surface area contributed by atoms with Crippen LogP contribution in [0.5, 0.6) is 0 Å². The maximum Gasteiger partial charge on any atom is 0.273 e. The van der Waals surface area contributed by atoms with Gasteiger partial charge in [-0.3, -0.25) is 24.5 Å². The predicted molar refractivity (Wildman–Crippen MR) is 107 cm³/mol. The van der Waals surface area contributed by atoms with E-state index < -0.39 is 40.3 Å². The number of amides is 3. The number of fused-ring (bicyclic) bond motifs is 1. The fourth-order valence-corrected chi connectivity index (χ4v) is 4.28. The molecule has 160 valence electrons. The van der Waals surface area contributed by atoms with Crippen molar-refractivity contribution in [1.82, 2.24) is 10.0 Å². The molecule has 2 aromatic rings.